The highest BCUT2D eigenvalue weighted by molar-refractivity contribution is 5.91. The van der Waals surface area contributed by atoms with E-state index in [9.17, 15) is 22.8 Å². The molecule has 1 aromatic rings. The van der Waals surface area contributed by atoms with Crippen LogP contribution in [-0.4, -0.2) is 30.8 Å². The van der Waals surface area contributed by atoms with Gasteiger partial charge in [0, 0.05) is 0 Å². The first-order valence-electron chi connectivity index (χ1n) is 5.93. The Kier molecular flexibility index (Phi) is 5.71. The summed E-state index contributed by atoms with van der Waals surface area (Å²) in [4.78, 5) is 22.4. The third-order valence-corrected chi connectivity index (χ3v) is 2.41. The van der Waals surface area contributed by atoms with Crippen LogP contribution in [0.25, 0.3) is 0 Å². The van der Waals surface area contributed by atoms with E-state index < -0.39 is 30.8 Å². The normalized spacial score (nSPS) is 12.8. The van der Waals surface area contributed by atoms with Gasteiger partial charge in [-0.3, -0.25) is 4.79 Å². The Morgan fingerprint density at radius 3 is 2.29 bits per heavy atom. The van der Waals surface area contributed by atoms with E-state index in [0.717, 1.165) is 0 Å². The third kappa shape index (κ3) is 6.26. The molecule has 0 aromatic heterocycles. The quantitative estimate of drug-likeness (QED) is 0.813. The predicted molar refractivity (Wildman–Crippen MR) is 66.2 cm³/mol. The number of hydrogen-bond donors (Lipinski definition) is 1. The van der Waals surface area contributed by atoms with Crippen molar-refractivity contribution in [3.05, 3.63) is 35.4 Å². The fourth-order valence-electron chi connectivity index (χ4n) is 1.31. The molecule has 0 fully saturated rings. The zero-order valence-corrected chi connectivity index (χ0v) is 11.1. The van der Waals surface area contributed by atoms with Gasteiger partial charge in [-0.25, -0.2) is 4.79 Å². The molecule has 8 heteroatoms. The number of benzene rings is 1. The van der Waals surface area contributed by atoms with E-state index in [2.05, 4.69) is 4.74 Å². The van der Waals surface area contributed by atoms with Crippen molar-refractivity contribution in [1.29, 1.82) is 0 Å². The fraction of sp³-hybridized carbons (Fsp3) is 0.385. The van der Waals surface area contributed by atoms with Crippen LogP contribution in [-0.2, 0) is 20.9 Å². The Hall–Kier alpha value is -2.09. The molecule has 0 saturated carbocycles. The van der Waals surface area contributed by atoms with Crippen molar-refractivity contribution in [3.63, 3.8) is 0 Å². The lowest BCUT2D eigenvalue weighted by Crippen LogP contribution is -2.30. The summed E-state index contributed by atoms with van der Waals surface area (Å²) >= 11 is 0. The van der Waals surface area contributed by atoms with E-state index in [1.54, 1.807) is 0 Å². The Bertz CT molecular complexity index is 499. The number of carbonyl (C=O) groups excluding carboxylic acids is 2. The number of halogens is 3. The summed E-state index contributed by atoms with van der Waals surface area (Å²) in [6.07, 6.45) is -5.44. The highest BCUT2D eigenvalue weighted by Gasteiger charge is 2.27. The van der Waals surface area contributed by atoms with Crippen molar-refractivity contribution >= 4 is 11.9 Å². The first-order valence-corrected chi connectivity index (χ1v) is 5.93. The number of primary amides is 1. The monoisotopic (exact) mass is 305 g/mol. The van der Waals surface area contributed by atoms with Gasteiger partial charge < -0.3 is 15.2 Å². The average molecular weight is 305 g/mol. The number of hydrogen-bond acceptors (Lipinski definition) is 4. The Labute approximate surface area is 118 Å². The lowest BCUT2D eigenvalue weighted by molar-refractivity contribution is -0.176. The Morgan fingerprint density at radius 2 is 1.81 bits per heavy atom. The third-order valence-electron chi connectivity index (χ3n) is 2.41. The van der Waals surface area contributed by atoms with Crippen molar-refractivity contribution in [3.8, 4) is 0 Å². The minimum absolute atomic E-state index is 0.155. The predicted octanol–water partition coefficient (Wildman–Crippen LogP) is 1.80. The molecule has 0 saturated heterocycles. The lowest BCUT2D eigenvalue weighted by Gasteiger charge is -2.10. The van der Waals surface area contributed by atoms with E-state index in [1.165, 1.54) is 31.2 Å². The second-order valence-electron chi connectivity index (χ2n) is 4.25. The maximum absolute atomic E-state index is 11.9. The molecule has 0 unspecified atom stereocenters. The van der Waals surface area contributed by atoms with Gasteiger partial charge in [-0.05, 0) is 24.6 Å². The summed E-state index contributed by atoms with van der Waals surface area (Å²) < 4.78 is 44.9. The summed E-state index contributed by atoms with van der Waals surface area (Å²) in [5, 5.41) is 0. The number of carbonyl (C=O) groups is 2. The smallest absolute Gasteiger partial charge is 0.411 e. The number of rotatable bonds is 6. The van der Waals surface area contributed by atoms with E-state index in [4.69, 9.17) is 10.5 Å². The van der Waals surface area contributed by atoms with Crippen LogP contribution in [0.2, 0.25) is 0 Å². The minimum atomic E-state index is -4.38. The largest absolute Gasteiger partial charge is 0.449 e. The lowest BCUT2D eigenvalue weighted by atomic mass is 10.1. The van der Waals surface area contributed by atoms with Crippen LogP contribution in [0.3, 0.4) is 0 Å². The molecule has 1 rings (SSSR count). The molecule has 0 aliphatic rings. The summed E-state index contributed by atoms with van der Waals surface area (Å²) in [7, 11) is 0. The van der Waals surface area contributed by atoms with Crippen LogP contribution in [0.4, 0.5) is 13.2 Å². The maximum Gasteiger partial charge on any atom is 0.411 e. The summed E-state index contributed by atoms with van der Waals surface area (Å²) in [6.45, 7) is -0.237. The number of esters is 1. The van der Waals surface area contributed by atoms with Gasteiger partial charge in [-0.1, -0.05) is 12.1 Å². The van der Waals surface area contributed by atoms with Crippen molar-refractivity contribution < 1.29 is 32.2 Å². The van der Waals surface area contributed by atoms with Gasteiger partial charge in [-0.15, -0.1) is 0 Å². The summed E-state index contributed by atoms with van der Waals surface area (Å²) in [6, 6.07) is 5.59. The standard InChI is InChI=1S/C13H14F3NO4/c1-8(11(17)18)21-12(19)10-4-2-9(3-5-10)6-20-7-13(14,15)16/h2-5,8H,6-7H2,1H3,(H2,17,18)/t8-/m1/s1. The molecule has 0 radical (unpaired) electrons. The van der Waals surface area contributed by atoms with Crippen molar-refractivity contribution in [2.24, 2.45) is 5.73 Å². The second kappa shape index (κ2) is 7.07. The summed E-state index contributed by atoms with van der Waals surface area (Å²) in [5.41, 5.74) is 5.58. The molecule has 116 valence electrons. The zero-order valence-electron chi connectivity index (χ0n) is 11.1. The molecule has 21 heavy (non-hydrogen) atoms. The van der Waals surface area contributed by atoms with E-state index in [-0.39, 0.29) is 12.2 Å². The number of ether oxygens (including phenoxy) is 2. The van der Waals surface area contributed by atoms with Gasteiger partial charge in [-0.2, -0.15) is 13.2 Å². The number of alkyl halides is 3. The molecular weight excluding hydrogens is 291 g/mol. The average Bonchev–Trinajstić information content (AvgIpc) is 2.37. The Balaban J connectivity index is 2.53. The number of amides is 1. The van der Waals surface area contributed by atoms with Crippen molar-refractivity contribution in [2.45, 2.75) is 25.8 Å². The molecule has 0 bridgehead atoms. The molecule has 5 nitrogen and oxygen atoms in total. The van der Waals surface area contributed by atoms with Crippen LogP contribution in [0.15, 0.2) is 24.3 Å². The molecule has 2 N–H and O–H groups in total. The first kappa shape index (κ1) is 17.0. The molecule has 0 heterocycles. The number of nitrogens with two attached hydrogens (primary N) is 1. The van der Waals surface area contributed by atoms with Crippen LogP contribution < -0.4 is 5.73 Å². The molecule has 0 aliphatic heterocycles. The molecule has 0 spiro atoms. The maximum atomic E-state index is 11.9. The van der Waals surface area contributed by atoms with Gasteiger partial charge >= 0.3 is 12.1 Å². The molecular formula is C13H14F3NO4. The van der Waals surface area contributed by atoms with Gasteiger partial charge in [0.05, 0.1) is 12.2 Å². The van der Waals surface area contributed by atoms with Gasteiger partial charge in [0.15, 0.2) is 6.10 Å². The highest BCUT2D eigenvalue weighted by atomic mass is 19.4. The Morgan fingerprint density at radius 1 is 1.24 bits per heavy atom. The van der Waals surface area contributed by atoms with Gasteiger partial charge in [0.1, 0.15) is 6.61 Å². The van der Waals surface area contributed by atoms with Crippen LogP contribution in [0.5, 0.6) is 0 Å². The molecule has 0 aliphatic carbocycles. The minimum Gasteiger partial charge on any atom is -0.449 e. The van der Waals surface area contributed by atoms with Crippen LogP contribution >= 0.6 is 0 Å². The van der Waals surface area contributed by atoms with Crippen LogP contribution in [0, 0.1) is 0 Å². The second-order valence-corrected chi connectivity index (χ2v) is 4.25. The zero-order chi connectivity index (χ0) is 16.0. The van der Waals surface area contributed by atoms with Crippen molar-refractivity contribution in [1.82, 2.24) is 0 Å². The first-order chi connectivity index (χ1) is 9.69. The topological polar surface area (TPSA) is 78.6 Å². The molecule has 1 aromatic carbocycles. The molecule has 1 atom stereocenters. The van der Waals surface area contributed by atoms with E-state index in [1.807, 2.05) is 0 Å². The van der Waals surface area contributed by atoms with E-state index in [0.29, 0.717) is 5.56 Å². The highest BCUT2D eigenvalue weighted by Crippen LogP contribution is 2.16. The molecule has 1 amide bonds. The fourth-order valence-corrected chi connectivity index (χ4v) is 1.31. The summed E-state index contributed by atoms with van der Waals surface area (Å²) in [5.74, 6) is -1.52. The SMILES string of the molecule is C[C@@H](OC(=O)c1ccc(COCC(F)(F)F)cc1)C(N)=O. The van der Waals surface area contributed by atoms with Gasteiger partial charge in [0.25, 0.3) is 5.91 Å². The van der Waals surface area contributed by atoms with Crippen molar-refractivity contribution in [2.75, 3.05) is 6.61 Å². The van der Waals surface area contributed by atoms with E-state index >= 15 is 0 Å². The van der Waals surface area contributed by atoms with Crippen LogP contribution in [0.1, 0.15) is 22.8 Å². The van der Waals surface area contributed by atoms with Gasteiger partial charge in [0.2, 0.25) is 0 Å².